The van der Waals surface area contributed by atoms with E-state index in [2.05, 4.69) is 56.1 Å². The van der Waals surface area contributed by atoms with Crippen molar-refractivity contribution in [1.29, 1.82) is 0 Å². The van der Waals surface area contributed by atoms with Crippen molar-refractivity contribution < 1.29 is 14.6 Å². The number of hydrogen-bond acceptors (Lipinski definition) is 5. The summed E-state index contributed by atoms with van der Waals surface area (Å²) in [5.74, 6) is 0.147. The summed E-state index contributed by atoms with van der Waals surface area (Å²) in [5, 5.41) is 14.3. The molecule has 49 heavy (non-hydrogen) atoms. The zero-order valence-electron chi connectivity index (χ0n) is 33.5. The van der Waals surface area contributed by atoms with Crippen LogP contribution in [0.2, 0.25) is 0 Å². The summed E-state index contributed by atoms with van der Waals surface area (Å²) in [6.45, 7) is 13.1. The number of aliphatic hydroxyl groups excluding tert-OH is 1. The van der Waals surface area contributed by atoms with Crippen LogP contribution < -0.4 is 5.32 Å². The molecule has 0 heterocycles. The number of nitrogens with one attached hydrogen (secondary N) is 1. The highest BCUT2D eigenvalue weighted by atomic mass is 16.5. The quantitative estimate of drug-likeness (QED) is 0.0382. The van der Waals surface area contributed by atoms with E-state index in [0.717, 1.165) is 96.8 Å². The van der Waals surface area contributed by atoms with Gasteiger partial charge in [-0.1, -0.05) is 181 Å². The average Bonchev–Trinajstić information content (AvgIpc) is 3.10. The van der Waals surface area contributed by atoms with Crippen molar-refractivity contribution >= 4 is 5.97 Å². The molecule has 0 aromatic rings. The number of unbranched alkanes of at least 4 members (excludes halogenated alkanes) is 20. The summed E-state index contributed by atoms with van der Waals surface area (Å²) < 4.78 is 5.82. The van der Waals surface area contributed by atoms with E-state index < -0.39 is 0 Å². The summed E-state index contributed by atoms with van der Waals surface area (Å²) in [4.78, 5) is 15.4. The molecule has 0 bridgehead atoms. The Bertz CT molecular complexity index is 725. The van der Waals surface area contributed by atoms with Crippen LogP contribution in [-0.4, -0.2) is 54.9 Å². The molecule has 2 atom stereocenters. The van der Waals surface area contributed by atoms with Gasteiger partial charge in [-0.25, -0.2) is 0 Å². The van der Waals surface area contributed by atoms with Crippen molar-refractivity contribution in [2.24, 2.45) is 5.92 Å². The fourth-order valence-corrected chi connectivity index (χ4v) is 6.65. The largest absolute Gasteiger partial charge is 0.465 e. The lowest BCUT2D eigenvalue weighted by atomic mass is 9.94. The van der Waals surface area contributed by atoms with Crippen LogP contribution in [-0.2, 0) is 9.53 Å². The molecule has 0 fully saturated rings. The van der Waals surface area contributed by atoms with Crippen LogP contribution in [0, 0.1) is 5.92 Å². The van der Waals surface area contributed by atoms with E-state index in [0.29, 0.717) is 6.61 Å². The first-order valence-corrected chi connectivity index (χ1v) is 21.7. The van der Waals surface area contributed by atoms with Crippen LogP contribution in [0.4, 0.5) is 0 Å². The van der Waals surface area contributed by atoms with E-state index in [4.69, 9.17) is 4.74 Å². The van der Waals surface area contributed by atoms with Crippen molar-refractivity contribution in [1.82, 2.24) is 10.2 Å². The smallest absolute Gasteiger partial charge is 0.308 e. The minimum Gasteiger partial charge on any atom is -0.465 e. The Kier molecular flexibility index (Phi) is 38.4. The van der Waals surface area contributed by atoms with Crippen molar-refractivity contribution in [3.8, 4) is 0 Å². The number of hydrogen-bond donors (Lipinski definition) is 2. The molecule has 0 spiro atoms. The fourth-order valence-electron chi connectivity index (χ4n) is 6.65. The van der Waals surface area contributed by atoms with E-state index in [1.54, 1.807) is 0 Å². The maximum atomic E-state index is 13.0. The SMILES string of the molecule is CC/C=C/C=C\NCCN(CCCCCCOC(=O)C(CCCCCC)CCCCCCCC)CC(O)CCCCCCCCCCCC. The first kappa shape index (κ1) is 47.7. The third kappa shape index (κ3) is 34.9. The normalized spacial score (nSPS) is 13.2. The number of rotatable bonds is 39. The van der Waals surface area contributed by atoms with Gasteiger partial charge in [0.05, 0.1) is 18.6 Å². The van der Waals surface area contributed by atoms with Gasteiger partial charge in [-0.05, 0) is 57.3 Å². The van der Waals surface area contributed by atoms with Crippen LogP contribution in [0.25, 0.3) is 0 Å². The summed E-state index contributed by atoms with van der Waals surface area (Å²) in [5.41, 5.74) is 0. The first-order valence-electron chi connectivity index (χ1n) is 21.7. The Balaban J connectivity index is 4.44. The summed E-state index contributed by atoms with van der Waals surface area (Å²) >= 11 is 0. The molecule has 5 heteroatoms. The van der Waals surface area contributed by atoms with Crippen LogP contribution in [0.1, 0.15) is 207 Å². The molecule has 0 saturated carbocycles. The monoisotopic (exact) mass is 691 g/mol. The highest BCUT2D eigenvalue weighted by Crippen LogP contribution is 2.21. The third-order valence-corrected chi connectivity index (χ3v) is 9.89. The number of esters is 1. The molecule has 0 aliphatic rings. The minimum absolute atomic E-state index is 0.0550. The molecule has 0 rings (SSSR count). The van der Waals surface area contributed by atoms with E-state index >= 15 is 0 Å². The molecule has 0 saturated heterocycles. The van der Waals surface area contributed by atoms with Gasteiger partial charge < -0.3 is 15.2 Å². The molecular weight excluding hydrogens is 604 g/mol. The van der Waals surface area contributed by atoms with Crippen LogP contribution >= 0.6 is 0 Å². The number of aliphatic hydroxyl groups is 1. The lowest BCUT2D eigenvalue weighted by molar-refractivity contribution is -0.149. The zero-order valence-corrected chi connectivity index (χ0v) is 33.5. The molecule has 0 aromatic heterocycles. The van der Waals surface area contributed by atoms with Gasteiger partial charge in [-0.2, -0.15) is 0 Å². The molecular formula is C44H86N2O3. The summed E-state index contributed by atoms with van der Waals surface area (Å²) in [6.07, 6.45) is 42.1. The molecule has 0 aliphatic carbocycles. The van der Waals surface area contributed by atoms with Crippen molar-refractivity contribution in [2.45, 2.75) is 214 Å². The fraction of sp³-hybridized carbons (Fsp3) is 0.886. The predicted molar refractivity (Wildman–Crippen MR) is 215 cm³/mol. The molecule has 5 nitrogen and oxygen atoms in total. The Labute approximate surface area is 306 Å². The summed E-state index contributed by atoms with van der Waals surface area (Å²) in [7, 11) is 0. The van der Waals surface area contributed by atoms with E-state index in [9.17, 15) is 9.90 Å². The van der Waals surface area contributed by atoms with Gasteiger partial charge in [0.15, 0.2) is 0 Å². The Morgan fingerprint density at radius 1 is 0.612 bits per heavy atom. The summed E-state index contributed by atoms with van der Waals surface area (Å²) in [6, 6.07) is 0. The molecule has 290 valence electrons. The Morgan fingerprint density at radius 3 is 1.67 bits per heavy atom. The van der Waals surface area contributed by atoms with Crippen molar-refractivity contribution in [2.75, 3.05) is 32.8 Å². The van der Waals surface area contributed by atoms with Crippen LogP contribution in [0.15, 0.2) is 24.4 Å². The minimum atomic E-state index is -0.247. The van der Waals surface area contributed by atoms with Gasteiger partial charge in [-0.3, -0.25) is 9.69 Å². The second kappa shape index (κ2) is 39.5. The Hall–Kier alpha value is -1.33. The standard InChI is InChI=1S/C44H86N2O3/c1-5-9-13-17-19-20-21-22-24-29-35-43(47)41-46(39-37-45-36-30-16-12-8-4)38-31-25-26-32-40-49-44(48)42(33-27-15-11-7-3)34-28-23-18-14-10-6-2/h12,16,30,36,42-43,45,47H,5-11,13-15,17-29,31-35,37-41H2,1-4H3/b16-12+,36-30-. The number of carbonyl (C=O) groups excluding carboxylic acids is 1. The third-order valence-electron chi connectivity index (χ3n) is 9.89. The lowest BCUT2D eigenvalue weighted by Gasteiger charge is -2.25. The molecule has 0 radical (unpaired) electrons. The van der Waals surface area contributed by atoms with Crippen molar-refractivity contribution in [3.63, 3.8) is 0 Å². The van der Waals surface area contributed by atoms with Gasteiger partial charge in [0, 0.05) is 19.6 Å². The zero-order chi connectivity index (χ0) is 35.9. The molecule has 0 aliphatic heterocycles. The number of allylic oxidation sites excluding steroid dienone is 3. The number of ether oxygens (including phenoxy) is 1. The van der Waals surface area contributed by atoms with Gasteiger partial charge in [-0.15, -0.1) is 0 Å². The second-order valence-electron chi connectivity index (χ2n) is 14.8. The van der Waals surface area contributed by atoms with Gasteiger partial charge in [0.1, 0.15) is 0 Å². The second-order valence-corrected chi connectivity index (χ2v) is 14.8. The lowest BCUT2D eigenvalue weighted by Crippen LogP contribution is -2.37. The van der Waals surface area contributed by atoms with Gasteiger partial charge in [0.25, 0.3) is 0 Å². The molecule has 2 N–H and O–H groups in total. The predicted octanol–water partition coefficient (Wildman–Crippen LogP) is 12.5. The van der Waals surface area contributed by atoms with Crippen LogP contribution in [0.5, 0.6) is 0 Å². The molecule has 2 unspecified atom stereocenters. The van der Waals surface area contributed by atoms with Crippen LogP contribution in [0.3, 0.4) is 0 Å². The van der Waals surface area contributed by atoms with E-state index in [1.807, 2.05) is 6.20 Å². The first-order chi connectivity index (χ1) is 24.1. The molecule has 0 amide bonds. The average molecular weight is 691 g/mol. The van der Waals surface area contributed by atoms with E-state index in [1.165, 1.54) is 109 Å². The van der Waals surface area contributed by atoms with Gasteiger partial charge >= 0.3 is 5.97 Å². The highest BCUT2D eigenvalue weighted by molar-refractivity contribution is 5.72. The van der Waals surface area contributed by atoms with E-state index in [-0.39, 0.29) is 18.0 Å². The van der Waals surface area contributed by atoms with Crippen molar-refractivity contribution in [3.05, 3.63) is 24.4 Å². The topological polar surface area (TPSA) is 61.8 Å². The number of nitrogens with zero attached hydrogens (tertiary/aromatic N) is 1. The number of carbonyl (C=O) groups is 1. The highest BCUT2D eigenvalue weighted by Gasteiger charge is 2.19. The molecule has 0 aromatic carbocycles. The maximum absolute atomic E-state index is 13.0. The Morgan fingerprint density at radius 2 is 1.10 bits per heavy atom. The van der Waals surface area contributed by atoms with Gasteiger partial charge in [0.2, 0.25) is 0 Å². The maximum Gasteiger partial charge on any atom is 0.308 e.